The lowest BCUT2D eigenvalue weighted by Gasteiger charge is -2.40. The summed E-state index contributed by atoms with van der Waals surface area (Å²) in [5.74, 6) is 1.19. The first-order valence-electron chi connectivity index (χ1n) is 14.2. The molecule has 2 aliphatic carbocycles. The molecule has 2 aliphatic heterocycles. The molecule has 4 heteroatoms. The first kappa shape index (κ1) is 23.5. The molecule has 40 heavy (non-hydrogen) atoms. The Morgan fingerprint density at radius 1 is 0.750 bits per heavy atom. The molecule has 0 amide bonds. The summed E-state index contributed by atoms with van der Waals surface area (Å²) in [5, 5.41) is 7.59. The number of nitrogens with one attached hydrogen (secondary N) is 2. The fourth-order valence-corrected chi connectivity index (χ4v) is 7.17. The number of amidine groups is 1. The molecule has 2 N–H and O–H groups in total. The lowest BCUT2D eigenvalue weighted by Crippen LogP contribution is -2.57. The Morgan fingerprint density at radius 2 is 1.48 bits per heavy atom. The van der Waals surface area contributed by atoms with Crippen LogP contribution < -0.4 is 15.5 Å². The summed E-state index contributed by atoms with van der Waals surface area (Å²) in [6.07, 6.45) is 8.76. The van der Waals surface area contributed by atoms with Gasteiger partial charge in [0.05, 0.1) is 11.7 Å². The number of allylic oxidation sites excluding steroid dienone is 2. The second-order valence-corrected chi connectivity index (χ2v) is 11.7. The standard InChI is InChI=1S/C36H32N4/c1-36(2)28-19-11-9-18-27(28)31-29(36)22-21-26-25-17-10-12-20-30(25)40(32(26)31)35-38-33(23-13-5-3-6-14-23)37-34(39-35)24-15-7-4-8-16-24/h3-22,25,30,33,35,38H,1-2H3,(H,37,39). The summed E-state index contributed by atoms with van der Waals surface area (Å²) in [5.41, 5.74) is 10.4. The quantitative estimate of drug-likeness (QED) is 0.305. The number of anilines is 1. The molecule has 0 radical (unpaired) electrons. The van der Waals surface area contributed by atoms with E-state index < -0.39 is 0 Å². The van der Waals surface area contributed by atoms with Crippen LogP contribution in [0.4, 0.5) is 5.69 Å². The van der Waals surface area contributed by atoms with Crippen molar-refractivity contribution in [3.8, 4) is 11.1 Å². The molecule has 0 saturated carbocycles. The highest BCUT2D eigenvalue weighted by Gasteiger charge is 2.47. The Balaban J connectivity index is 1.34. The fourth-order valence-electron chi connectivity index (χ4n) is 7.17. The third-order valence-corrected chi connectivity index (χ3v) is 9.09. The summed E-state index contributed by atoms with van der Waals surface area (Å²) >= 11 is 0. The maximum atomic E-state index is 5.38. The number of hydrogen-bond acceptors (Lipinski definition) is 4. The molecule has 4 atom stereocenters. The second kappa shape index (κ2) is 8.80. The van der Waals surface area contributed by atoms with Crippen molar-refractivity contribution in [1.29, 1.82) is 0 Å². The Morgan fingerprint density at radius 3 is 2.30 bits per heavy atom. The van der Waals surface area contributed by atoms with E-state index in [0.717, 1.165) is 11.4 Å². The molecule has 4 aromatic carbocycles. The average Bonchev–Trinajstić information content (AvgIpc) is 3.47. The van der Waals surface area contributed by atoms with Crippen molar-refractivity contribution in [3.05, 3.63) is 149 Å². The van der Waals surface area contributed by atoms with Crippen LogP contribution in [0.1, 0.15) is 53.7 Å². The van der Waals surface area contributed by atoms with Gasteiger partial charge in [0, 0.05) is 22.5 Å². The fraction of sp³-hybridized carbons (Fsp3) is 0.194. The van der Waals surface area contributed by atoms with E-state index in [1.807, 2.05) is 0 Å². The Labute approximate surface area is 235 Å². The predicted octanol–water partition coefficient (Wildman–Crippen LogP) is 7.01. The zero-order chi connectivity index (χ0) is 26.8. The van der Waals surface area contributed by atoms with E-state index >= 15 is 0 Å². The van der Waals surface area contributed by atoms with Crippen LogP contribution in [-0.4, -0.2) is 18.2 Å². The number of benzene rings is 4. The molecular formula is C36H32N4. The van der Waals surface area contributed by atoms with Gasteiger partial charge in [0.15, 0.2) is 6.29 Å². The van der Waals surface area contributed by atoms with Gasteiger partial charge in [-0.25, -0.2) is 4.99 Å². The Hall–Kier alpha value is -4.41. The van der Waals surface area contributed by atoms with Crippen molar-refractivity contribution >= 4 is 11.5 Å². The maximum Gasteiger partial charge on any atom is 0.180 e. The summed E-state index contributed by atoms with van der Waals surface area (Å²) in [6, 6.07) is 35.0. The van der Waals surface area contributed by atoms with Crippen molar-refractivity contribution in [2.75, 3.05) is 4.90 Å². The van der Waals surface area contributed by atoms with Crippen molar-refractivity contribution in [1.82, 2.24) is 10.6 Å². The van der Waals surface area contributed by atoms with Crippen LogP contribution in [0.5, 0.6) is 0 Å². The smallest absolute Gasteiger partial charge is 0.180 e. The van der Waals surface area contributed by atoms with Gasteiger partial charge in [-0.2, -0.15) is 0 Å². The second-order valence-electron chi connectivity index (χ2n) is 11.7. The first-order chi connectivity index (χ1) is 19.6. The van der Waals surface area contributed by atoms with Gasteiger partial charge in [0.2, 0.25) is 0 Å². The van der Waals surface area contributed by atoms with Crippen LogP contribution in [0.25, 0.3) is 11.1 Å². The highest BCUT2D eigenvalue weighted by atomic mass is 15.4. The third kappa shape index (κ3) is 3.39. The zero-order valence-corrected chi connectivity index (χ0v) is 22.8. The van der Waals surface area contributed by atoms with Crippen molar-refractivity contribution in [3.63, 3.8) is 0 Å². The Bertz CT molecular complexity index is 1700. The van der Waals surface area contributed by atoms with Crippen LogP contribution in [-0.2, 0) is 5.41 Å². The van der Waals surface area contributed by atoms with Gasteiger partial charge in [0.1, 0.15) is 12.0 Å². The zero-order valence-electron chi connectivity index (χ0n) is 22.8. The van der Waals surface area contributed by atoms with Gasteiger partial charge in [-0.1, -0.05) is 135 Å². The van der Waals surface area contributed by atoms with E-state index in [2.05, 4.69) is 151 Å². The summed E-state index contributed by atoms with van der Waals surface area (Å²) in [6.45, 7) is 4.71. The number of rotatable bonds is 3. The average molecular weight is 521 g/mol. The van der Waals surface area contributed by atoms with Crippen LogP contribution in [0.15, 0.2) is 126 Å². The van der Waals surface area contributed by atoms with Gasteiger partial charge >= 0.3 is 0 Å². The minimum absolute atomic E-state index is 0.0569. The SMILES string of the molecule is CC1(C)c2ccccc2-c2c1ccc1c2N(C2N=C(c3ccccc3)NC(c3ccccc3)N2)C2C=CC=CC12. The highest BCUT2D eigenvalue weighted by molar-refractivity contribution is 6.00. The van der Waals surface area contributed by atoms with E-state index in [-0.39, 0.29) is 29.8 Å². The largest absolute Gasteiger partial charge is 0.350 e. The monoisotopic (exact) mass is 520 g/mol. The van der Waals surface area contributed by atoms with E-state index in [1.54, 1.807) is 0 Å². The minimum Gasteiger partial charge on any atom is -0.350 e. The molecule has 4 aliphatic rings. The van der Waals surface area contributed by atoms with Crippen molar-refractivity contribution in [2.24, 2.45) is 4.99 Å². The molecule has 0 fully saturated rings. The molecule has 196 valence electrons. The third-order valence-electron chi connectivity index (χ3n) is 9.09. The number of aliphatic imine (C=N–C) groups is 1. The summed E-state index contributed by atoms with van der Waals surface area (Å²) < 4.78 is 0. The molecule has 0 spiro atoms. The number of fused-ring (bicyclic) bond motifs is 7. The molecule has 2 heterocycles. The van der Waals surface area contributed by atoms with Crippen LogP contribution in [0.2, 0.25) is 0 Å². The topological polar surface area (TPSA) is 39.7 Å². The molecule has 8 rings (SSSR count). The lowest BCUT2D eigenvalue weighted by atomic mass is 9.81. The van der Waals surface area contributed by atoms with Gasteiger partial charge in [-0.15, -0.1) is 0 Å². The van der Waals surface area contributed by atoms with Crippen molar-refractivity contribution in [2.45, 2.75) is 43.7 Å². The maximum absolute atomic E-state index is 5.38. The summed E-state index contributed by atoms with van der Waals surface area (Å²) in [4.78, 5) is 7.93. The van der Waals surface area contributed by atoms with Gasteiger partial charge in [0.25, 0.3) is 0 Å². The highest BCUT2D eigenvalue weighted by Crippen LogP contribution is 2.58. The van der Waals surface area contributed by atoms with Crippen LogP contribution in [0, 0.1) is 0 Å². The van der Waals surface area contributed by atoms with Crippen LogP contribution >= 0.6 is 0 Å². The van der Waals surface area contributed by atoms with Crippen LogP contribution in [0.3, 0.4) is 0 Å². The number of hydrogen-bond donors (Lipinski definition) is 2. The van der Waals surface area contributed by atoms with E-state index in [0.29, 0.717) is 0 Å². The normalized spacial score (nSPS) is 24.9. The van der Waals surface area contributed by atoms with Crippen molar-refractivity contribution < 1.29 is 0 Å². The summed E-state index contributed by atoms with van der Waals surface area (Å²) in [7, 11) is 0. The lowest BCUT2D eigenvalue weighted by molar-refractivity contribution is 0.377. The number of nitrogens with zero attached hydrogens (tertiary/aromatic N) is 2. The van der Waals surface area contributed by atoms with E-state index in [9.17, 15) is 0 Å². The molecule has 4 unspecified atom stereocenters. The molecule has 0 bridgehead atoms. The Kier molecular flexibility index (Phi) is 5.17. The molecule has 0 aromatic heterocycles. The molecule has 4 aromatic rings. The first-order valence-corrected chi connectivity index (χ1v) is 14.2. The molecule has 4 nitrogen and oxygen atoms in total. The van der Waals surface area contributed by atoms with Gasteiger partial charge in [-0.05, 0) is 27.8 Å². The van der Waals surface area contributed by atoms with Gasteiger partial charge in [-0.3, -0.25) is 5.32 Å². The minimum atomic E-state index is -0.256. The molecular weight excluding hydrogens is 488 g/mol. The van der Waals surface area contributed by atoms with E-state index in [1.165, 1.54) is 39.1 Å². The van der Waals surface area contributed by atoms with Gasteiger partial charge < -0.3 is 10.2 Å². The predicted molar refractivity (Wildman–Crippen MR) is 164 cm³/mol. The van der Waals surface area contributed by atoms with E-state index in [4.69, 9.17) is 4.99 Å². The molecule has 0 saturated heterocycles.